The van der Waals surface area contributed by atoms with Crippen LogP contribution in [0.1, 0.15) is 0 Å². The van der Waals surface area contributed by atoms with E-state index in [9.17, 15) is 17.4 Å². The summed E-state index contributed by atoms with van der Waals surface area (Å²) in [5.41, 5.74) is -4.88. The van der Waals surface area contributed by atoms with E-state index >= 15 is 0 Å². The van der Waals surface area contributed by atoms with Crippen LogP contribution in [0.5, 0.6) is 5.75 Å². The summed E-state index contributed by atoms with van der Waals surface area (Å²) in [7, 11) is 0. The van der Waals surface area contributed by atoms with Gasteiger partial charge >= 0.3 is 16.6 Å². The molecule has 14 heavy (non-hydrogen) atoms. The number of hydrogen-bond acceptors (Lipinski definition) is 2. The van der Waals surface area contributed by atoms with Gasteiger partial charge in [0.25, 0.3) is 0 Å². The molecule has 0 aliphatic heterocycles. The van der Waals surface area contributed by atoms with Crippen LogP contribution in [0.15, 0.2) is 24.3 Å². The van der Waals surface area contributed by atoms with Crippen LogP contribution in [0.3, 0.4) is 0 Å². The molecule has 1 unspecified atom stereocenters. The number of halogens is 4. The molecule has 0 radical (unpaired) electrons. The third-order valence-electron chi connectivity index (χ3n) is 1.17. The minimum atomic E-state index is -4.88. The number of hydrogen-bond donors (Lipinski definition) is 0. The van der Waals surface area contributed by atoms with Crippen molar-refractivity contribution in [3.63, 3.8) is 0 Å². The topological polar surface area (TPSA) is 26.3 Å². The Morgan fingerprint density at radius 3 is 2.14 bits per heavy atom. The van der Waals surface area contributed by atoms with E-state index in [1.54, 1.807) is 0 Å². The van der Waals surface area contributed by atoms with Crippen LogP contribution in [0.2, 0.25) is 5.02 Å². The van der Waals surface area contributed by atoms with Crippen LogP contribution in [-0.4, -0.2) is 9.72 Å². The van der Waals surface area contributed by atoms with Crippen molar-refractivity contribution in [3.8, 4) is 5.75 Å². The van der Waals surface area contributed by atoms with Crippen LogP contribution in [0.25, 0.3) is 0 Å². The fraction of sp³-hybridized carbons (Fsp3) is 0.143. The quantitative estimate of drug-likeness (QED) is 0.800. The summed E-state index contributed by atoms with van der Waals surface area (Å²) in [6.45, 7) is 0. The zero-order valence-corrected chi connectivity index (χ0v) is 8.12. The standard InChI is InChI=1S/C7H4ClF3O2S/c8-5-1-3-6(4-2-5)13-14(12)7(9,10)11/h1-4H. The lowest BCUT2D eigenvalue weighted by molar-refractivity contribution is -0.0437. The number of alkyl halides is 3. The molecule has 0 bridgehead atoms. The number of benzene rings is 1. The molecule has 0 N–H and O–H groups in total. The lowest BCUT2D eigenvalue weighted by Gasteiger charge is -2.06. The van der Waals surface area contributed by atoms with Crippen molar-refractivity contribution in [2.45, 2.75) is 5.51 Å². The minimum absolute atomic E-state index is 0.148. The largest absolute Gasteiger partial charge is 0.508 e. The molecule has 0 amide bonds. The van der Waals surface area contributed by atoms with Crippen LogP contribution < -0.4 is 4.18 Å². The fourth-order valence-corrected chi connectivity index (χ4v) is 1.13. The predicted octanol–water partition coefficient (Wildman–Crippen LogP) is 2.90. The van der Waals surface area contributed by atoms with Gasteiger partial charge in [-0.3, -0.25) is 0 Å². The summed E-state index contributed by atoms with van der Waals surface area (Å²) >= 11 is 2.15. The van der Waals surface area contributed by atoms with E-state index < -0.39 is 16.6 Å². The van der Waals surface area contributed by atoms with Gasteiger partial charge < -0.3 is 4.18 Å². The van der Waals surface area contributed by atoms with Crippen molar-refractivity contribution in [2.24, 2.45) is 0 Å². The van der Waals surface area contributed by atoms with E-state index in [1.807, 2.05) is 0 Å². The SMILES string of the molecule is O=S(Oc1ccc(Cl)cc1)C(F)(F)F. The Balaban J connectivity index is 2.71. The highest BCUT2D eigenvalue weighted by molar-refractivity contribution is 7.81. The summed E-state index contributed by atoms with van der Waals surface area (Å²) in [6.07, 6.45) is 0. The van der Waals surface area contributed by atoms with Gasteiger partial charge in [-0.05, 0) is 24.3 Å². The summed E-state index contributed by atoms with van der Waals surface area (Å²) in [4.78, 5) is 0. The Bertz CT molecular complexity index is 336. The van der Waals surface area contributed by atoms with Gasteiger partial charge in [0.2, 0.25) is 0 Å². The zero-order chi connectivity index (χ0) is 10.8. The van der Waals surface area contributed by atoms with E-state index in [1.165, 1.54) is 24.3 Å². The van der Waals surface area contributed by atoms with E-state index in [4.69, 9.17) is 11.6 Å². The molecule has 0 fully saturated rings. The van der Waals surface area contributed by atoms with Crippen molar-refractivity contribution in [2.75, 3.05) is 0 Å². The van der Waals surface area contributed by atoms with Gasteiger partial charge in [0.1, 0.15) is 5.75 Å². The smallest absolute Gasteiger partial charge is 0.394 e. The molecule has 1 atom stereocenters. The Kier molecular flexibility index (Phi) is 3.38. The average Bonchev–Trinajstić information content (AvgIpc) is 2.07. The molecule has 1 aromatic carbocycles. The van der Waals surface area contributed by atoms with E-state index in [0.717, 1.165) is 0 Å². The Morgan fingerprint density at radius 2 is 1.71 bits per heavy atom. The van der Waals surface area contributed by atoms with E-state index in [2.05, 4.69) is 4.18 Å². The zero-order valence-electron chi connectivity index (χ0n) is 6.55. The molecule has 0 aliphatic carbocycles. The third kappa shape index (κ3) is 3.19. The Labute approximate surface area is 85.3 Å². The van der Waals surface area contributed by atoms with Crippen LogP contribution in [0, 0.1) is 0 Å². The van der Waals surface area contributed by atoms with Crippen molar-refractivity contribution >= 4 is 22.7 Å². The highest BCUT2D eigenvalue weighted by atomic mass is 35.5. The molecular weight excluding hydrogens is 241 g/mol. The molecule has 1 aromatic rings. The van der Waals surface area contributed by atoms with Crippen molar-refractivity contribution in [3.05, 3.63) is 29.3 Å². The molecule has 0 saturated heterocycles. The van der Waals surface area contributed by atoms with Gasteiger partial charge in [-0.15, -0.1) is 0 Å². The maximum Gasteiger partial charge on any atom is 0.508 e. The lowest BCUT2D eigenvalue weighted by atomic mass is 10.3. The van der Waals surface area contributed by atoms with E-state index in [-0.39, 0.29) is 5.75 Å². The molecule has 0 aromatic heterocycles. The molecule has 0 heterocycles. The summed E-state index contributed by atoms with van der Waals surface area (Å²) in [5.74, 6) is -0.148. The van der Waals surface area contributed by atoms with Crippen molar-refractivity contribution in [1.29, 1.82) is 0 Å². The molecule has 2 nitrogen and oxygen atoms in total. The second-order valence-corrected chi connectivity index (χ2v) is 3.75. The summed E-state index contributed by atoms with van der Waals surface area (Å²) in [5, 5.41) is 0.357. The second kappa shape index (κ2) is 4.18. The monoisotopic (exact) mass is 244 g/mol. The molecular formula is C7H4ClF3O2S. The van der Waals surface area contributed by atoms with Crippen molar-refractivity contribution in [1.82, 2.24) is 0 Å². The normalized spacial score (nSPS) is 13.7. The molecule has 0 aliphatic rings. The maximum atomic E-state index is 11.8. The van der Waals surface area contributed by atoms with E-state index in [0.29, 0.717) is 5.02 Å². The Morgan fingerprint density at radius 1 is 1.21 bits per heavy atom. The first-order valence-electron chi connectivity index (χ1n) is 3.32. The maximum absolute atomic E-state index is 11.8. The predicted molar refractivity (Wildman–Crippen MR) is 46.3 cm³/mol. The van der Waals surface area contributed by atoms with Gasteiger partial charge in [-0.2, -0.15) is 13.2 Å². The van der Waals surface area contributed by atoms with Gasteiger partial charge in [0.05, 0.1) is 0 Å². The van der Waals surface area contributed by atoms with Gasteiger partial charge in [0.15, 0.2) is 0 Å². The summed E-state index contributed by atoms with van der Waals surface area (Å²) in [6, 6.07) is 5.08. The molecule has 1 rings (SSSR count). The first kappa shape index (κ1) is 11.3. The third-order valence-corrected chi connectivity index (χ3v) is 2.15. The first-order valence-corrected chi connectivity index (χ1v) is 4.77. The Hall–Kier alpha value is -0.750. The molecule has 0 spiro atoms. The van der Waals surface area contributed by atoms with Gasteiger partial charge in [-0.1, -0.05) is 11.6 Å². The number of rotatable bonds is 2. The van der Waals surface area contributed by atoms with Gasteiger partial charge in [0, 0.05) is 5.02 Å². The van der Waals surface area contributed by atoms with Crippen LogP contribution >= 0.6 is 11.6 Å². The fourth-order valence-electron chi connectivity index (χ4n) is 0.625. The summed E-state index contributed by atoms with van der Waals surface area (Å²) < 4.78 is 49.9. The molecule has 0 saturated carbocycles. The lowest BCUT2D eigenvalue weighted by Crippen LogP contribution is -2.20. The molecule has 7 heteroatoms. The van der Waals surface area contributed by atoms with Crippen LogP contribution in [-0.2, 0) is 11.1 Å². The molecule has 78 valence electrons. The van der Waals surface area contributed by atoms with Gasteiger partial charge in [-0.25, -0.2) is 4.21 Å². The first-order chi connectivity index (χ1) is 6.39. The average molecular weight is 245 g/mol. The highest BCUT2D eigenvalue weighted by Crippen LogP contribution is 2.24. The van der Waals surface area contributed by atoms with Crippen molar-refractivity contribution < 1.29 is 21.6 Å². The highest BCUT2D eigenvalue weighted by Gasteiger charge is 2.39. The second-order valence-electron chi connectivity index (χ2n) is 2.22. The van der Waals surface area contributed by atoms with Crippen LogP contribution in [0.4, 0.5) is 13.2 Å². The minimum Gasteiger partial charge on any atom is -0.394 e.